The number of ether oxygens (including phenoxy) is 1. The van der Waals surface area contributed by atoms with Crippen LogP contribution in [-0.2, 0) is 22.5 Å². The van der Waals surface area contributed by atoms with E-state index in [1.807, 2.05) is 24.3 Å². The van der Waals surface area contributed by atoms with Crippen molar-refractivity contribution in [2.75, 3.05) is 20.3 Å². The first-order valence-electron chi connectivity index (χ1n) is 6.11. The fourth-order valence-electron chi connectivity index (χ4n) is 1.76. The van der Waals surface area contributed by atoms with Crippen LogP contribution in [0.1, 0.15) is 18.1 Å². The lowest BCUT2D eigenvalue weighted by Crippen LogP contribution is -2.23. The highest BCUT2D eigenvalue weighted by Crippen LogP contribution is 2.05. The lowest BCUT2D eigenvalue weighted by molar-refractivity contribution is -0.136. The zero-order valence-corrected chi connectivity index (χ0v) is 11.0. The van der Waals surface area contributed by atoms with Crippen molar-refractivity contribution in [2.24, 2.45) is 5.92 Å². The van der Waals surface area contributed by atoms with Gasteiger partial charge in [0, 0.05) is 26.8 Å². The normalized spacial score (nSPS) is 12.3. The van der Waals surface area contributed by atoms with Gasteiger partial charge in [-0.3, -0.25) is 4.79 Å². The van der Waals surface area contributed by atoms with Crippen LogP contribution in [0, 0.1) is 5.92 Å². The molecule has 0 saturated heterocycles. The van der Waals surface area contributed by atoms with Crippen LogP contribution in [0.3, 0.4) is 0 Å². The Hall–Kier alpha value is -1.39. The van der Waals surface area contributed by atoms with Crippen LogP contribution in [0.15, 0.2) is 24.3 Å². The number of carboxylic acid groups (broad SMARTS) is 1. The van der Waals surface area contributed by atoms with Crippen molar-refractivity contribution in [1.82, 2.24) is 5.32 Å². The molecule has 0 heterocycles. The van der Waals surface area contributed by atoms with Crippen LogP contribution in [0.25, 0.3) is 0 Å². The van der Waals surface area contributed by atoms with E-state index < -0.39 is 5.97 Å². The Morgan fingerprint density at radius 2 is 1.94 bits per heavy atom. The van der Waals surface area contributed by atoms with E-state index in [0.29, 0.717) is 5.92 Å². The summed E-state index contributed by atoms with van der Waals surface area (Å²) in [7, 11) is 1.71. The maximum atomic E-state index is 10.5. The summed E-state index contributed by atoms with van der Waals surface area (Å²) in [6.07, 6.45) is 0.0819. The topological polar surface area (TPSA) is 58.6 Å². The molecule has 1 rings (SSSR count). The molecule has 0 aliphatic rings. The Morgan fingerprint density at radius 3 is 2.50 bits per heavy atom. The molecular formula is C14H21NO3. The average Bonchev–Trinajstić information content (AvgIpc) is 2.31. The monoisotopic (exact) mass is 251 g/mol. The van der Waals surface area contributed by atoms with Crippen LogP contribution in [-0.4, -0.2) is 31.3 Å². The molecule has 0 fully saturated rings. The molecule has 0 saturated carbocycles. The molecule has 1 atom stereocenters. The molecule has 0 spiro atoms. The highest BCUT2D eigenvalue weighted by atomic mass is 16.5. The fourth-order valence-corrected chi connectivity index (χ4v) is 1.76. The van der Waals surface area contributed by atoms with Crippen molar-refractivity contribution in [3.8, 4) is 0 Å². The summed E-state index contributed by atoms with van der Waals surface area (Å²) in [5.74, 6) is -0.310. The van der Waals surface area contributed by atoms with Gasteiger partial charge in [-0.1, -0.05) is 31.2 Å². The highest BCUT2D eigenvalue weighted by molar-refractivity contribution is 5.70. The van der Waals surface area contributed by atoms with E-state index in [1.165, 1.54) is 0 Å². The minimum Gasteiger partial charge on any atom is -0.481 e. The van der Waals surface area contributed by atoms with Crippen molar-refractivity contribution in [2.45, 2.75) is 19.9 Å². The molecule has 1 aromatic carbocycles. The Morgan fingerprint density at radius 1 is 1.33 bits per heavy atom. The minimum absolute atomic E-state index is 0.0819. The van der Waals surface area contributed by atoms with Crippen LogP contribution < -0.4 is 5.32 Å². The van der Waals surface area contributed by atoms with Gasteiger partial charge in [-0.25, -0.2) is 0 Å². The third kappa shape index (κ3) is 5.80. The van der Waals surface area contributed by atoms with Crippen LogP contribution in [0.2, 0.25) is 0 Å². The molecule has 0 aliphatic carbocycles. The zero-order chi connectivity index (χ0) is 13.4. The van der Waals surface area contributed by atoms with Crippen molar-refractivity contribution in [1.29, 1.82) is 0 Å². The van der Waals surface area contributed by atoms with E-state index in [-0.39, 0.29) is 6.42 Å². The third-order valence-electron chi connectivity index (χ3n) is 2.65. The van der Waals surface area contributed by atoms with Gasteiger partial charge < -0.3 is 15.2 Å². The first kappa shape index (κ1) is 14.7. The molecule has 0 bridgehead atoms. The van der Waals surface area contributed by atoms with E-state index >= 15 is 0 Å². The molecule has 0 radical (unpaired) electrons. The van der Waals surface area contributed by atoms with Gasteiger partial charge in [-0.05, 0) is 17.0 Å². The Balaban J connectivity index is 2.32. The van der Waals surface area contributed by atoms with Crippen LogP contribution in [0.4, 0.5) is 0 Å². The number of carbonyl (C=O) groups is 1. The molecule has 2 N–H and O–H groups in total. The van der Waals surface area contributed by atoms with E-state index in [1.54, 1.807) is 7.11 Å². The van der Waals surface area contributed by atoms with Gasteiger partial charge in [0.1, 0.15) is 0 Å². The summed E-state index contributed by atoms with van der Waals surface area (Å²) >= 11 is 0. The lowest BCUT2D eigenvalue weighted by atomic mass is 10.1. The lowest BCUT2D eigenvalue weighted by Gasteiger charge is -2.11. The number of hydrogen-bond donors (Lipinski definition) is 2. The summed E-state index contributed by atoms with van der Waals surface area (Å²) in [6, 6.07) is 7.66. The maximum absolute atomic E-state index is 10.5. The molecule has 100 valence electrons. The second kappa shape index (κ2) is 7.84. The number of rotatable bonds is 8. The van der Waals surface area contributed by atoms with Crippen molar-refractivity contribution >= 4 is 5.97 Å². The molecule has 4 nitrogen and oxygen atoms in total. The van der Waals surface area contributed by atoms with E-state index in [9.17, 15) is 4.79 Å². The molecule has 0 amide bonds. The number of aliphatic carboxylic acids is 1. The van der Waals surface area contributed by atoms with Gasteiger partial charge in [-0.2, -0.15) is 0 Å². The number of benzene rings is 1. The smallest absolute Gasteiger partial charge is 0.307 e. The summed E-state index contributed by atoms with van der Waals surface area (Å²) in [6.45, 7) is 4.59. The number of hydrogen-bond acceptors (Lipinski definition) is 3. The minimum atomic E-state index is -0.797. The standard InChI is InChI=1S/C14H21NO3/c1-11(10-18-2)8-15-9-13-5-3-12(4-6-13)7-14(16)17/h3-6,11,15H,7-10H2,1-2H3,(H,16,17). The maximum Gasteiger partial charge on any atom is 0.307 e. The second-order valence-electron chi connectivity index (χ2n) is 4.58. The first-order valence-corrected chi connectivity index (χ1v) is 6.11. The summed E-state index contributed by atoms with van der Waals surface area (Å²) in [4.78, 5) is 10.5. The van der Waals surface area contributed by atoms with Gasteiger partial charge >= 0.3 is 5.97 Å². The summed E-state index contributed by atoms with van der Waals surface area (Å²) < 4.78 is 5.06. The second-order valence-corrected chi connectivity index (χ2v) is 4.58. The number of carboxylic acids is 1. The molecule has 0 aliphatic heterocycles. The average molecular weight is 251 g/mol. The van der Waals surface area contributed by atoms with Gasteiger partial charge in [0.05, 0.1) is 6.42 Å². The summed E-state index contributed by atoms with van der Waals surface area (Å²) in [5.41, 5.74) is 1.99. The molecule has 1 aromatic rings. The predicted octanol–water partition coefficient (Wildman–Crippen LogP) is 1.69. The van der Waals surface area contributed by atoms with Gasteiger partial charge in [-0.15, -0.1) is 0 Å². The molecular weight excluding hydrogens is 230 g/mol. The first-order chi connectivity index (χ1) is 8.61. The fraction of sp³-hybridized carbons (Fsp3) is 0.500. The molecule has 18 heavy (non-hydrogen) atoms. The molecule has 0 aromatic heterocycles. The van der Waals surface area contributed by atoms with E-state index in [0.717, 1.165) is 30.8 Å². The predicted molar refractivity (Wildman–Crippen MR) is 70.5 cm³/mol. The SMILES string of the molecule is COCC(C)CNCc1ccc(CC(=O)O)cc1. The van der Waals surface area contributed by atoms with Crippen LogP contribution >= 0.6 is 0 Å². The molecule has 4 heteroatoms. The van der Waals surface area contributed by atoms with Crippen molar-refractivity contribution < 1.29 is 14.6 Å². The summed E-state index contributed by atoms with van der Waals surface area (Å²) in [5, 5.41) is 12.0. The van der Waals surface area contributed by atoms with Crippen LogP contribution in [0.5, 0.6) is 0 Å². The Labute approximate surface area is 108 Å². The van der Waals surface area contributed by atoms with Gasteiger partial charge in [0.25, 0.3) is 0 Å². The van der Waals surface area contributed by atoms with Crippen molar-refractivity contribution in [3.05, 3.63) is 35.4 Å². The Bertz CT molecular complexity index is 362. The third-order valence-corrected chi connectivity index (χ3v) is 2.65. The largest absolute Gasteiger partial charge is 0.481 e. The molecule has 1 unspecified atom stereocenters. The number of methoxy groups -OCH3 is 1. The van der Waals surface area contributed by atoms with E-state index in [2.05, 4.69) is 12.2 Å². The quantitative estimate of drug-likeness (QED) is 0.738. The van der Waals surface area contributed by atoms with E-state index in [4.69, 9.17) is 9.84 Å². The van der Waals surface area contributed by atoms with Gasteiger partial charge in [0.2, 0.25) is 0 Å². The Kier molecular flexibility index (Phi) is 6.39. The van der Waals surface area contributed by atoms with Crippen molar-refractivity contribution in [3.63, 3.8) is 0 Å². The van der Waals surface area contributed by atoms with Gasteiger partial charge in [0.15, 0.2) is 0 Å². The highest BCUT2D eigenvalue weighted by Gasteiger charge is 2.02. The number of nitrogens with one attached hydrogen (secondary N) is 1. The zero-order valence-electron chi connectivity index (χ0n) is 11.0.